The molecule has 5 rings (SSSR count). The van der Waals surface area contributed by atoms with Crippen LogP contribution in [-0.4, -0.2) is 24.4 Å². The normalized spacial score (nSPS) is 31.8. The highest BCUT2D eigenvalue weighted by atomic mass is 16.5. The van der Waals surface area contributed by atoms with Crippen LogP contribution in [0.25, 0.3) is 0 Å². The molecule has 124 valence electrons. The summed E-state index contributed by atoms with van der Waals surface area (Å²) >= 11 is 0. The van der Waals surface area contributed by atoms with Gasteiger partial charge in [0.1, 0.15) is 5.75 Å². The van der Waals surface area contributed by atoms with Gasteiger partial charge in [-0.1, -0.05) is 42.5 Å². The van der Waals surface area contributed by atoms with E-state index in [0.29, 0.717) is 18.0 Å². The lowest BCUT2D eigenvalue weighted by Gasteiger charge is -2.45. The molecule has 2 bridgehead atoms. The van der Waals surface area contributed by atoms with Crippen LogP contribution < -0.4 is 15.4 Å². The number of hydrogen-bond donors (Lipinski definition) is 2. The number of piperazine rings is 1. The van der Waals surface area contributed by atoms with Gasteiger partial charge in [0.25, 0.3) is 0 Å². The van der Waals surface area contributed by atoms with E-state index in [0.717, 1.165) is 31.6 Å². The number of benzene rings is 2. The van der Waals surface area contributed by atoms with Crippen molar-refractivity contribution in [3.05, 3.63) is 65.7 Å². The molecule has 3 heteroatoms. The van der Waals surface area contributed by atoms with Crippen LogP contribution in [0, 0.1) is 5.92 Å². The predicted octanol–water partition coefficient (Wildman–Crippen LogP) is 2.90. The summed E-state index contributed by atoms with van der Waals surface area (Å²) in [6, 6.07) is 20.1. The minimum Gasteiger partial charge on any atom is -0.471 e. The van der Waals surface area contributed by atoms with Gasteiger partial charge in [0.05, 0.1) is 6.04 Å². The molecule has 2 saturated heterocycles. The Morgan fingerprint density at radius 2 is 1.62 bits per heavy atom. The highest BCUT2D eigenvalue weighted by Gasteiger charge is 2.53. The van der Waals surface area contributed by atoms with Crippen molar-refractivity contribution in [3.63, 3.8) is 0 Å². The number of ether oxygens (including phenoxy) is 1. The van der Waals surface area contributed by atoms with Crippen LogP contribution in [0.15, 0.2) is 54.6 Å². The van der Waals surface area contributed by atoms with Crippen LogP contribution in [0.4, 0.5) is 0 Å². The third kappa shape index (κ3) is 2.35. The average Bonchev–Trinajstić information content (AvgIpc) is 3.18. The lowest BCUT2D eigenvalue weighted by Crippen LogP contribution is -2.69. The van der Waals surface area contributed by atoms with Crippen molar-refractivity contribution in [1.29, 1.82) is 0 Å². The number of fused-ring (bicyclic) bond motifs is 3. The van der Waals surface area contributed by atoms with Crippen molar-refractivity contribution in [3.8, 4) is 5.75 Å². The quantitative estimate of drug-likeness (QED) is 0.912. The molecule has 3 aliphatic rings. The van der Waals surface area contributed by atoms with Crippen molar-refractivity contribution >= 4 is 0 Å². The molecule has 0 radical (unpaired) electrons. The predicted molar refractivity (Wildman–Crippen MR) is 95.1 cm³/mol. The lowest BCUT2D eigenvalue weighted by molar-refractivity contribution is -0.0246. The fourth-order valence-corrected chi connectivity index (χ4v) is 4.93. The first kappa shape index (κ1) is 14.5. The smallest absolute Gasteiger partial charge is 0.176 e. The molecule has 2 aromatic carbocycles. The largest absolute Gasteiger partial charge is 0.471 e. The van der Waals surface area contributed by atoms with Crippen LogP contribution >= 0.6 is 0 Å². The van der Waals surface area contributed by atoms with Crippen LogP contribution in [-0.2, 0) is 12.8 Å². The van der Waals surface area contributed by atoms with Gasteiger partial charge in [0, 0.05) is 19.0 Å². The summed E-state index contributed by atoms with van der Waals surface area (Å²) in [7, 11) is 0. The first-order valence-electron chi connectivity index (χ1n) is 9.14. The van der Waals surface area contributed by atoms with Gasteiger partial charge < -0.3 is 10.1 Å². The molecule has 3 nitrogen and oxygen atoms in total. The summed E-state index contributed by atoms with van der Waals surface area (Å²) in [6.45, 7) is 1.05. The molecule has 2 aliphatic heterocycles. The number of rotatable bonds is 3. The summed E-state index contributed by atoms with van der Waals surface area (Å²) in [5, 5.41) is 7.65. The second kappa shape index (κ2) is 5.61. The van der Waals surface area contributed by atoms with E-state index in [-0.39, 0.29) is 5.72 Å². The van der Waals surface area contributed by atoms with Crippen molar-refractivity contribution in [2.45, 2.75) is 43.5 Å². The second-order valence-corrected chi connectivity index (χ2v) is 7.51. The Labute approximate surface area is 143 Å². The Bertz CT molecular complexity index is 707. The average molecular weight is 320 g/mol. The monoisotopic (exact) mass is 320 g/mol. The molecule has 2 heterocycles. The maximum Gasteiger partial charge on any atom is 0.176 e. The lowest BCUT2D eigenvalue weighted by atomic mass is 9.86. The van der Waals surface area contributed by atoms with Crippen LogP contribution in [0.3, 0.4) is 0 Å². The van der Waals surface area contributed by atoms with Crippen molar-refractivity contribution in [2.75, 3.05) is 6.54 Å². The fraction of sp³-hybridized carbons (Fsp3) is 0.429. The summed E-state index contributed by atoms with van der Waals surface area (Å²) in [5.41, 5.74) is 2.76. The molecule has 3 atom stereocenters. The van der Waals surface area contributed by atoms with Gasteiger partial charge in [0.2, 0.25) is 0 Å². The summed E-state index contributed by atoms with van der Waals surface area (Å²) < 4.78 is 6.58. The van der Waals surface area contributed by atoms with Gasteiger partial charge in [-0.25, -0.2) is 0 Å². The van der Waals surface area contributed by atoms with E-state index in [9.17, 15) is 0 Å². The van der Waals surface area contributed by atoms with E-state index in [1.807, 2.05) is 6.07 Å². The number of nitrogens with one attached hydrogen (secondary N) is 2. The first-order valence-corrected chi connectivity index (χ1v) is 9.14. The minimum absolute atomic E-state index is 0.267. The molecular formula is C21H24N2O. The number of para-hydroxylation sites is 1. The molecule has 0 spiro atoms. The molecule has 2 N–H and O–H groups in total. The van der Waals surface area contributed by atoms with E-state index < -0.39 is 0 Å². The van der Waals surface area contributed by atoms with Gasteiger partial charge in [0.15, 0.2) is 5.72 Å². The standard InChI is InChI=1S/C21H24N2O/c1-2-8-19(9-3-1)24-21-11-10-18(23-21)14-22-20(21)17-12-15-6-4-5-7-16(15)13-17/h1-9,17-18,20,22-23H,10-14H2. The maximum absolute atomic E-state index is 6.58. The second-order valence-electron chi connectivity index (χ2n) is 7.51. The first-order chi connectivity index (χ1) is 11.8. The molecule has 2 fully saturated rings. The Kier molecular flexibility index (Phi) is 3.39. The summed E-state index contributed by atoms with van der Waals surface area (Å²) in [5.74, 6) is 1.56. The molecule has 0 amide bonds. The number of hydrogen-bond acceptors (Lipinski definition) is 3. The zero-order chi connectivity index (χ0) is 16.0. The molecular weight excluding hydrogens is 296 g/mol. The van der Waals surface area contributed by atoms with E-state index >= 15 is 0 Å². The van der Waals surface area contributed by atoms with Crippen molar-refractivity contribution in [2.24, 2.45) is 5.92 Å². The zero-order valence-electron chi connectivity index (χ0n) is 13.9. The Morgan fingerprint density at radius 1 is 0.917 bits per heavy atom. The fourth-order valence-electron chi connectivity index (χ4n) is 4.93. The van der Waals surface area contributed by atoms with E-state index in [1.54, 1.807) is 0 Å². The highest BCUT2D eigenvalue weighted by Crippen LogP contribution is 2.40. The highest BCUT2D eigenvalue weighted by molar-refractivity contribution is 5.34. The Hall–Kier alpha value is -1.84. The minimum atomic E-state index is -0.267. The van der Waals surface area contributed by atoms with Gasteiger partial charge >= 0.3 is 0 Å². The molecule has 0 aromatic heterocycles. The van der Waals surface area contributed by atoms with Crippen LogP contribution in [0.1, 0.15) is 24.0 Å². The maximum atomic E-state index is 6.58. The Morgan fingerprint density at radius 3 is 2.38 bits per heavy atom. The SMILES string of the molecule is c1ccc(OC23CCC(CNC2C2Cc4ccccc4C2)N3)cc1. The van der Waals surface area contributed by atoms with Gasteiger partial charge in [-0.3, -0.25) is 5.32 Å². The van der Waals surface area contributed by atoms with Crippen molar-refractivity contribution < 1.29 is 4.74 Å². The molecule has 3 unspecified atom stereocenters. The summed E-state index contributed by atoms with van der Waals surface area (Å²) in [6.07, 6.45) is 4.58. The van der Waals surface area contributed by atoms with Crippen LogP contribution in [0.5, 0.6) is 5.75 Å². The molecule has 2 aromatic rings. The molecule has 1 aliphatic carbocycles. The topological polar surface area (TPSA) is 33.3 Å². The van der Waals surface area contributed by atoms with Crippen LogP contribution in [0.2, 0.25) is 0 Å². The third-order valence-electron chi connectivity index (χ3n) is 6.00. The van der Waals surface area contributed by atoms with Crippen molar-refractivity contribution in [1.82, 2.24) is 10.6 Å². The zero-order valence-corrected chi connectivity index (χ0v) is 13.9. The van der Waals surface area contributed by atoms with E-state index in [1.165, 1.54) is 17.5 Å². The Balaban J connectivity index is 1.44. The van der Waals surface area contributed by atoms with Gasteiger partial charge in [-0.15, -0.1) is 0 Å². The van der Waals surface area contributed by atoms with Gasteiger partial charge in [-0.05, 0) is 48.4 Å². The van der Waals surface area contributed by atoms with E-state index in [4.69, 9.17) is 4.74 Å². The van der Waals surface area contributed by atoms with Gasteiger partial charge in [-0.2, -0.15) is 0 Å². The molecule has 0 saturated carbocycles. The summed E-state index contributed by atoms with van der Waals surface area (Å²) in [4.78, 5) is 0. The third-order valence-corrected chi connectivity index (χ3v) is 6.00. The van der Waals surface area contributed by atoms with E-state index in [2.05, 4.69) is 59.2 Å². The molecule has 24 heavy (non-hydrogen) atoms.